The molecule has 2 aromatic rings. The molecule has 2 aromatic heterocycles. The fourth-order valence-electron chi connectivity index (χ4n) is 2.37. The summed E-state index contributed by atoms with van der Waals surface area (Å²) in [6, 6.07) is 5.72. The monoisotopic (exact) mass is 332 g/mol. The molecule has 0 radical (unpaired) electrons. The fourth-order valence-corrected chi connectivity index (χ4v) is 3.61. The van der Waals surface area contributed by atoms with E-state index in [4.69, 9.17) is 16.6 Å². The van der Waals surface area contributed by atoms with Gasteiger partial charge >= 0.3 is 0 Å². The fraction of sp³-hybridized carbons (Fsp3) is 0.250. The summed E-state index contributed by atoms with van der Waals surface area (Å²) in [7, 11) is 2.02. The second kappa shape index (κ2) is 5.78. The molecule has 3 rings (SSSR count). The van der Waals surface area contributed by atoms with Crippen molar-refractivity contribution in [1.82, 2.24) is 9.47 Å². The Morgan fingerprint density at radius 2 is 2.18 bits per heavy atom. The number of amides is 1. The molecule has 0 aliphatic carbocycles. The number of nitrogens with zero attached hydrogens (tertiary/aromatic N) is 2. The minimum Gasteiger partial charge on any atom is -0.467 e. The molecule has 4 nitrogen and oxygen atoms in total. The number of aryl methyl sites for hydroxylation is 1. The lowest BCUT2D eigenvalue weighted by Gasteiger charge is -2.11. The largest absolute Gasteiger partial charge is 0.467 e. The molecule has 6 heteroatoms. The maximum absolute atomic E-state index is 12.6. The van der Waals surface area contributed by atoms with E-state index in [0.717, 1.165) is 22.7 Å². The van der Waals surface area contributed by atoms with Crippen LogP contribution in [-0.2, 0) is 18.4 Å². The van der Waals surface area contributed by atoms with Gasteiger partial charge < -0.3 is 8.98 Å². The molecule has 0 aromatic carbocycles. The standard InChI is InChI=1S/C16H16N2O2S2/c1-10-7-12(11(2)17(10)3)8-14-15(19)18(16(21)22-14)9-13-5-4-6-20-13/h4-8H,9H2,1-3H3/b14-8-. The van der Waals surface area contributed by atoms with Crippen LogP contribution in [0.3, 0.4) is 0 Å². The van der Waals surface area contributed by atoms with Crippen LogP contribution < -0.4 is 0 Å². The molecule has 1 amide bonds. The highest BCUT2D eigenvalue weighted by molar-refractivity contribution is 8.26. The summed E-state index contributed by atoms with van der Waals surface area (Å²) in [6.45, 7) is 4.47. The second-order valence-electron chi connectivity index (χ2n) is 5.23. The number of furan rings is 1. The number of aromatic nitrogens is 1. The van der Waals surface area contributed by atoms with Crippen LogP contribution in [0.25, 0.3) is 6.08 Å². The van der Waals surface area contributed by atoms with Crippen LogP contribution >= 0.6 is 24.0 Å². The SMILES string of the molecule is Cc1cc(/C=C2\SC(=S)N(Cc3ccco3)C2=O)c(C)n1C. The Balaban J connectivity index is 1.87. The highest BCUT2D eigenvalue weighted by Gasteiger charge is 2.32. The molecule has 0 N–H and O–H groups in total. The van der Waals surface area contributed by atoms with Crippen molar-refractivity contribution < 1.29 is 9.21 Å². The van der Waals surface area contributed by atoms with Crippen molar-refractivity contribution >= 4 is 40.3 Å². The maximum atomic E-state index is 12.6. The van der Waals surface area contributed by atoms with Crippen LogP contribution in [-0.4, -0.2) is 19.7 Å². The molecule has 1 aliphatic rings. The van der Waals surface area contributed by atoms with Crippen molar-refractivity contribution in [3.63, 3.8) is 0 Å². The third kappa shape index (κ3) is 2.64. The molecule has 0 spiro atoms. The van der Waals surface area contributed by atoms with Crippen LogP contribution in [0.4, 0.5) is 0 Å². The Hall–Kier alpha value is -1.79. The molecule has 22 heavy (non-hydrogen) atoms. The van der Waals surface area contributed by atoms with Gasteiger partial charge in [0, 0.05) is 18.4 Å². The molecule has 0 atom stereocenters. The Labute approximate surface area is 138 Å². The summed E-state index contributed by atoms with van der Waals surface area (Å²) in [5, 5.41) is 0. The Bertz CT molecular complexity index is 772. The zero-order valence-electron chi connectivity index (χ0n) is 12.6. The van der Waals surface area contributed by atoms with Gasteiger partial charge in [0.25, 0.3) is 5.91 Å². The first-order valence-corrected chi connectivity index (χ1v) is 8.10. The molecule has 0 saturated carbocycles. The van der Waals surface area contributed by atoms with Gasteiger partial charge in [0.1, 0.15) is 10.1 Å². The molecular weight excluding hydrogens is 316 g/mol. The van der Waals surface area contributed by atoms with Crippen molar-refractivity contribution in [2.24, 2.45) is 7.05 Å². The van der Waals surface area contributed by atoms with Crippen LogP contribution in [0.5, 0.6) is 0 Å². The van der Waals surface area contributed by atoms with Gasteiger partial charge in [0.15, 0.2) is 0 Å². The first-order valence-electron chi connectivity index (χ1n) is 6.88. The van der Waals surface area contributed by atoms with Gasteiger partial charge in [-0.3, -0.25) is 9.69 Å². The minimum atomic E-state index is -0.0627. The van der Waals surface area contributed by atoms with E-state index in [1.807, 2.05) is 33.0 Å². The molecule has 114 valence electrons. The lowest BCUT2D eigenvalue weighted by atomic mass is 10.2. The summed E-state index contributed by atoms with van der Waals surface area (Å²) >= 11 is 6.67. The topological polar surface area (TPSA) is 38.4 Å². The van der Waals surface area contributed by atoms with Crippen LogP contribution in [0, 0.1) is 13.8 Å². The zero-order chi connectivity index (χ0) is 15.9. The Kier molecular flexibility index (Phi) is 3.97. The summed E-state index contributed by atoms with van der Waals surface area (Å²) in [6.07, 6.45) is 3.52. The summed E-state index contributed by atoms with van der Waals surface area (Å²) < 4.78 is 7.97. The molecule has 1 saturated heterocycles. The highest BCUT2D eigenvalue weighted by atomic mass is 32.2. The normalized spacial score (nSPS) is 17.0. The van der Waals surface area contributed by atoms with E-state index in [0.29, 0.717) is 15.8 Å². The second-order valence-corrected chi connectivity index (χ2v) is 6.91. The lowest BCUT2D eigenvalue weighted by molar-refractivity contribution is -0.122. The first-order chi connectivity index (χ1) is 10.5. The number of thioether (sulfide) groups is 1. The van der Waals surface area contributed by atoms with Crippen molar-refractivity contribution in [2.45, 2.75) is 20.4 Å². The molecule has 3 heterocycles. The number of hydrogen-bond donors (Lipinski definition) is 0. The Morgan fingerprint density at radius 1 is 1.41 bits per heavy atom. The van der Waals surface area contributed by atoms with Crippen LogP contribution in [0.15, 0.2) is 33.8 Å². The first kappa shape index (κ1) is 15.1. The lowest BCUT2D eigenvalue weighted by Crippen LogP contribution is -2.27. The summed E-state index contributed by atoms with van der Waals surface area (Å²) in [4.78, 5) is 14.8. The number of carbonyl (C=O) groups excluding carboxylic acids is 1. The third-order valence-electron chi connectivity index (χ3n) is 3.87. The average molecular weight is 332 g/mol. The molecule has 0 bridgehead atoms. The Morgan fingerprint density at radius 3 is 2.77 bits per heavy atom. The predicted octanol–water partition coefficient (Wildman–Crippen LogP) is 3.64. The molecule has 1 fully saturated rings. The number of hydrogen-bond acceptors (Lipinski definition) is 4. The van der Waals surface area contributed by atoms with Gasteiger partial charge in [-0.15, -0.1) is 0 Å². The van der Waals surface area contributed by atoms with E-state index in [2.05, 4.69) is 10.6 Å². The number of carbonyl (C=O) groups is 1. The van der Waals surface area contributed by atoms with Crippen molar-refractivity contribution in [3.8, 4) is 0 Å². The molecule has 0 unspecified atom stereocenters. The van der Waals surface area contributed by atoms with Crippen LogP contribution in [0.2, 0.25) is 0 Å². The smallest absolute Gasteiger partial charge is 0.266 e. The number of thiocarbonyl (C=S) groups is 1. The summed E-state index contributed by atoms with van der Waals surface area (Å²) in [5.41, 5.74) is 3.35. The third-order valence-corrected chi connectivity index (χ3v) is 5.25. The van der Waals surface area contributed by atoms with E-state index >= 15 is 0 Å². The molecule has 1 aliphatic heterocycles. The van der Waals surface area contributed by atoms with Gasteiger partial charge in [-0.25, -0.2) is 0 Å². The number of rotatable bonds is 3. The predicted molar refractivity (Wildman–Crippen MR) is 92.3 cm³/mol. The average Bonchev–Trinajstić information content (AvgIpc) is 3.14. The van der Waals surface area contributed by atoms with Gasteiger partial charge in [0.2, 0.25) is 0 Å². The summed E-state index contributed by atoms with van der Waals surface area (Å²) in [5.74, 6) is 0.664. The van der Waals surface area contributed by atoms with E-state index in [-0.39, 0.29) is 5.91 Å². The zero-order valence-corrected chi connectivity index (χ0v) is 14.3. The maximum Gasteiger partial charge on any atom is 0.266 e. The van der Waals surface area contributed by atoms with E-state index in [1.54, 1.807) is 17.2 Å². The van der Waals surface area contributed by atoms with Gasteiger partial charge in [0.05, 0.1) is 17.7 Å². The van der Waals surface area contributed by atoms with E-state index in [1.165, 1.54) is 11.8 Å². The van der Waals surface area contributed by atoms with E-state index < -0.39 is 0 Å². The quantitative estimate of drug-likeness (QED) is 0.635. The van der Waals surface area contributed by atoms with Crippen molar-refractivity contribution in [2.75, 3.05) is 0 Å². The van der Waals surface area contributed by atoms with Gasteiger partial charge in [-0.1, -0.05) is 24.0 Å². The van der Waals surface area contributed by atoms with Gasteiger partial charge in [-0.2, -0.15) is 0 Å². The highest BCUT2D eigenvalue weighted by Crippen LogP contribution is 2.34. The van der Waals surface area contributed by atoms with Crippen molar-refractivity contribution in [3.05, 3.63) is 52.1 Å². The molecular formula is C16H16N2O2S2. The van der Waals surface area contributed by atoms with Gasteiger partial charge in [-0.05, 0) is 43.7 Å². The minimum absolute atomic E-state index is 0.0627. The van der Waals surface area contributed by atoms with E-state index in [9.17, 15) is 4.79 Å². The van der Waals surface area contributed by atoms with Crippen molar-refractivity contribution in [1.29, 1.82) is 0 Å². The van der Waals surface area contributed by atoms with Crippen LogP contribution in [0.1, 0.15) is 22.7 Å².